The van der Waals surface area contributed by atoms with E-state index >= 15 is 0 Å². The summed E-state index contributed by atoms with van der Waals surface area (Å²) in [6.45, 7) is 7.74. The fraction of sp³-hybridized carbons (Fsp3) is 0.391. The van der Waals surface area contributed by atoms with Gasteiger partial charge in [-0.3, -0.25) is 0 Å². The summed E-state index contributed by atoms with van der Waals surface area (Å²) in [4.78, 5) is 7.36. The van der Waals surface area contributed by atoms with Crippen LogP contribution < -0.4 is 15.5 Å². The van der Waals surface area contributed by atoms with E-state index in [1.807, 2.05) is 41.3 Å². The first-order chi connectivity index (χ1) is 14.7. The summed E-state index contributed by atoms with van der Waals surface area (Å²) >= 11 is 1.82. The van der Waals surface area contributed by atoms with Gasteiger partial charge in [-0.2, -0.15) is 5.10 Å². The summed E-state index contributed by atoms with van der Waals surface area (Å²) in [5, 5.41) is 15.1. The van der Waals surface area contributed by atoms with Crippen molar-refractivity contribution in [3.63, 3.8) is 0 Å². The standard InChI is InChI=1S/C23H30N6S.HI/c1-3-24-23(26-20-11-13-28(14-12-20)22-9-6-16-30-22)25-17-19-7-4-5-8-21(19)29-15-10-18(2)27-29;/h4-10,15-16,20H,3,11-14,17H2,1-2H3,(H2,24,25,26);1H. The van der Waals surface area contributed by atoms with E-state index in [-0.39, 0.29) is 24.0 Å². The molecule has 6 nitrogen and oxygen atoms in total. The predicted molar refractivity (Wildman–Crippen MR) is 141 cm³/mol. The average molecular weight is 551 g/mol. The number of guanidine groups is 1. The summed E-state index contributed by atoms with van der Waals surface area (Å²) in [5.74, 6) is 0.888. The molecule has 166 valence electrons. The zero-order chi connectivity index (χ0) is 20.8. The SMILES string of the molecule is CCNC(=NCc1ccccc1-n1ccc(C)n1)NC1CCN(c2cccs2)CC1.I. The molecule has 0 saturated carbocycles. The lowest BCUT2D eigenvalue weighted by atomic mass is 10.1. The molecular weight excluding hydrogens is 519 g/mol. The number of hydrogen-bond acceptors (Lipinski definition) is 4. The highest BCUT2D eigenvalue weighted by Gasteiger charge is 2.20. The molecule has 1 saturated heterocycles. The van der Waals surface area contributed by atoms with Gasteiger partial charge in [-0.1, -0.05) is 18.2 Å². The fourth-order valence-corrected chi connectivity index (χ4v) is 4.57. The molecule has 1 aliphatic heterocycles. The van der Waals surface area contributed by atoms with E-state index < -0.39 is 0 Å². The van der Waals surface area contributed by atoms with Gasteiger partial charge in [0, 0.05) is 31.9 Å². The quantitative estimate of drug-likeness (QED) is 0.268. The Balaban J connectivity index is 0.00000272. The third-order valence-electron chi connectivity index (χ3n) is 5.37. The Morgan fingerprint density at radius 3 is 2.65 bits per heavy atom. The van der Waals surface area contributed by atoms with Crippen LogP contribution >= 0.6 is 35.3 Å². The average Bonchev–Trinajstić information content (AvgIpc) is 3.45. The van der Waals surface area contributed by atoms with Crippen molar-refractivity contribution in [2.24, 2.45) is 4.99 Å². The first-order valence-corrected chi connectivity index (χ1v) is 11.5. The minimum absolute atomic E-state index is 0. The number of piperidine rings is 1. The van der Waals surface area contributed by atoms with E-state index in [1.54, 1.807) is 0 Å². The molecule has 1 fully saturated rings. The minimum atomic E-state index is 0. The molecule has 0 amide bonds. The topological polar surface area (TPSA) is 57.5 Å². The van der Waals surface area contributed by atoms with E-state index in [9.17, 15) is 0 Å². The summed E-state index contributed by atoms with van der Waals surface area (Å²) in [5.41, 5.74) is 3.25. The van der Waals surface area contributed by atoms with Gasteiger partial charge in [0.1, 0.15) is 0 Å². The number of rotatable bonds is 6. The molecule has 0 radical (unpaired) electrons. The normalized spacial score (nSPS) is 14.9. The maximum atomic E-state index is 4.88. The molecule has 1 aliphatic rings. The molecule has 0 spiro atoms. The van der Waals surface area contributed by atoms with Gasteiger partial charge in [-0.25, -0.2) is 9.67 Å². The number of nitrogens with one attached hydrogen (secondary N) is 2. The third kappa shape index (κ3) is 6.22. The number of aliphatic imine (C=N–C) groups is 1. The Bertz CT molecular complexity index is 960. The highest BCUT2D eigenvalue weighted by molar-refractivity contribution is 14.0. The smallest absolute Gasteiger partial charge is 0.191 e. The number of benzene rings is 1. The van der Waals surface area contributed by atoms with Crippen molar-refractivity contribution in [3.05, 3.63) is 65.3 Å². The largest absolute Gasteiger partial charge is 0.363 e. The zero-order valence-electron chi connectivity index (χ0n) is 18.1. The van der Waals surface area contributed by atoms with Crippen LogP contribution in [0.4, 0.5) is 5.00 Å². The van der Waals surface area contributed by atoms with Gasteiger partial charge in [0.15, 0.2) is 5.96 Å². The number of nitrogens with zero attached hydrogens (tertiary/aromatic N) is 4. The highest BCUT2D eigenvalue weighted by Crippen LogP contribution is 2.24. The molecule has 2 aromatic heterocycles. The third-order valence-corrected chi connectivity index (χ3v) is 6.30. The van der Waals surface area contributed by atoms with Crippen LogP contribution in [0.5, 0.6) is 0 Å². The van der Waals surface area contributed by atoms with Crippen molar-refractivity contribution in [3.8, 4) is 5.69 Å². The molecular formula is C23H31IN6S. The molecule has 0 bridgehead atoms. The molecule has 0 aliphatic carbocycles. The number of aryl methyl sites for hydroxylation is 1. The summed E-state index contributed by atoms with van der Waals surface area (Å²) in [6, 6.07) is 15.1. The highest BCUT2D eigenvalue weighted by atomic mass is 127. The Kier molecular flexibility index (Phi) is 8.77. The number of anilines is 1. The first-order valence-electron chi connectivity index (χ1n) is 10.7. The lowest BCUT2D eigenvalue weighted by Crippen LogP contribution is -2.48. The summed E-state index contributed by atoms with van der Waals surface area (Å²) in [7, 11) is 0. The molecule has 3 heterocycles. The monoisotopic (exact) mass is 550 g/mol. The second kappa shape index (κ2) is 11.5. The van der Waals surface area contributed by atoms with Gasteiger partial charge in [0.25, 0.3) is 0 Å². The summed E-state index contributed by atoms with van der Waals surface area (Å²) < 4.78 is 1.93. The molecule has 4 rings (SSSR count). The van der Waals surface area contributed by atoms with Crippen LogP contribution in [0.2, 0.25) is 0 Å². The van der Waals surface area contributed by atoms with Crippen LogP contribution in [0.15, 0.2) is 59.0 Å². The predicted octanol–water partition coefficient (Wildman–Crippen LogP) is 4.58. The van der Waals surface area contributed by atoms with E-state index in [1.165, 1.54) is 5.00 Å². The summed E-state index contributed by atoms with van der Waals surface area (Å²) in [6.07, 6.45) is 4.24. The van der Waals surface area contributed by atoms with E-state index in [0.29, 0.717) is 12.6 Å². The van der Waals surface area contributed by atoms with Crippen LogP contribution in [-0.2, 0) is 6.54 Å². The van der Waals surface area contributed by atoms with Gasteiger partial charge in [0.05, 0.1) is 22.9 Å². The van der Waals surface area contributed by atoms with Crippen molar-refractivity contribution >= 4 is 46.3 Å². The molecule has 31 heavy (non-hydrogen) atoms. The van der Waals surface area contributed by atoms with Crippen molar-refractivity contribution in [1.29, 1.82) is 0 Å². The first kappa shape index (κ1) is 23.6. The number of halogens is 1. The van der Waals surface area contributed by atoms with Crippen LogP contribution in [0.3, 0.4) is 0 Å². The number of thiophene rings is 1. The lowest BCUT2D eigenvalue weighted by molar-refractivity contribution is 0.463. The number of para-hydroxylation sites is 1. The number of hydrogen-bond donors (Lipinski definition) is 2. The van der Waals surface area contributed by atoms with Crippen LogP contribution in [0.25, 0.3) is 5.69 Å². The molecule has 1 aromatic carbocycles. The van der Waals surface area contributed by atoms with Crippen LogP contribution in [0, 0.1) is 6.92 Å². The Morgan fingerprint density at radius 1 is 1.16 bits per heavy atom. The molecule has 8 heteroatoms. The second-order valence-corrected chi connectivity index (χ2v) is 8.51. The van der Waals surface area contributed by atoms with Gasteiger partial charge >= 0.3 is 0 Å². The molecule has 3 aromatic rings. The Morgan fingerprint density at radius 2 is 1.97 bits per heavy atom. The zero-order valence-corrected chi connectivity index (χ0v) is 21.3. The Labute approximate surface area is 205 Å². The molecule has 0 atom stereocenters. The second-order valence-electron chi connectivity index (χ2n) is 7.58. The maximum absolute atomic E-state index is 4.88. The van der Waals surface area contributed by atoms with Crippen molar-refractivity contribution in [2.75, 3.05) is 24.5 Å². The van der Waals surface area contributed by atoms with Crippen LogP contribution in [-0.4, -0.2) is 41.4 Å². The number of aromatic nitrogens is 2. The Hall–Kier alpha value is -2.07. The van der Waals surface area contributed by atoms with Gasteiger partial charge in [0.2, 0.25) is 0 Å². The van der Waals surface area contributed by atoms with Crippen molar-refractivity contribution in [1.82, 2.24) is 20.4 Å². The van der Waals surface area contributed by atoms with Crippen molar-refractivity contribution < 1.29 is 0 Å². The molecule has 0 unspecified atom stereocenters. The van der Waals surface area contributed by atoms with Gasteiger partial charge in [-0.15, -0.1) is 35.3 Å². The van der Waals surface area contributed by atoms with Gasteiger partial charge in [-0.05, 0) is 61.9 Å². The maximum Gasteiger partial charge on any atom is 0.191 e. The van der Waals surface area contributed by atoms with E-state index in [0.717, 1.165) is 55.4 Å². The fourth-order valence-electron chi connectivity index (χ4n) is 3.79. The van der Waals surface area contributed by atoms with Gasteiger partial charge < -0.3 is 15.5 Å². The lowest BCUT2D eigenvalue weighted by Gasteiger charge is -2.33. The van der Waals surface area contributed by atoms with Crippen molar-refractivity contribution in [2.45, 2.75) is 39.3 Å². The molecule has 2 N–H and O–H groups in total. The van der Waals surface area contributed by atoms with Crippen LogP contribution in [0.1, 0.15) is 31.0 Å². The van der Waals surface area contributed by atoms with E-state index in [2.05, 4.69) is 63.3 Å². The minimum Gasteiger partial charge on any atom is -0.363 e. The van der Waals surface area contributed by atoms with E-state index in [4.69, 9.17) is 4.99 Å².